The lowest BCUT2D eigenvalue weighted by Crippen LogP contribution is -2.27. The summed E-state index contributed by atoms with van der Waals surface area (Å²) in [7, 11) is 0. The fourth-order valence-corrected chi connectivity index (χ4v) is 4.43. The van der Waals surface area contributed by atoms with Crippen LogP contribution in [0.5, 0.6) is 0 Å². The Morgan fingerprint density at radius 3 is 2.41 bits per heavy atom. The number of nitrogens with zero attached hydrogens (tertiary/aromatic N) is 1. The van der Waals surface area contributed by atoms with Gasteiger partial charge >= 0.3 is 0 Å². The summed E-state index contributed by atoms with van der Waals surface area (Å²) >= 11 is 1.58. The van der Waals surface area contributed by atoms with Crippen LogP contribution >= 0.6 is 11.8 Å². The van der Waals surface area contributed by atoms with E-state index >= 15 is 0 Å². The van der Waals surface area contributed by atoms with Gasteiger partial charge < -0.3 is 10.2 Å². The number of amides is 2. The minimum Gasteiger partial charge on any atom is -0.322 e. The zero-order valence-corrected chi connectivity index (χ0v) is 16.4. The van der Waals surface area contributed by atoms with Gasteiger partial charge in [0.2, 0.25) is 5.91 Å². The predicted molar refractivity (Wildman–Crippen MR) is 113 cm³/mol. The highest BCUT2D eigenvalue weighted by Gasteiger charge is 2.32. The van der Waals surface area contributed by atoms with E-state index in [4.69, 9.17) is 0 Å². The summed E-state index contributed by atoms with van der Waals surface area (Å²) in [5, 5.41) is 2.49. The highest BCUT2D eigenvalue weighted by atomic mass is 32.2. The van der Waals surface area contributed by atoms with E-state index in [9.17, 15) is 14.0 Å². The van der Waals surface area contributed by atoms with Crippen molar-refractivity contribution in [2.45, 2.75) is 11.9 Å². The molecule has 4 nitrogen and oxygen atoms in total. The van der Waals surface area contributed by atoms with Gasteiger partial charge in [0.25, 0.3) is 5.91 Å². The molecule has 0 radical (unpaired) electrons. The van der Waals surface area contributed by atoms with Crippen LogP contribution in [0.15, 0.2) is 78.9 Å². The van der Waals surface area contributed by atoms with Gasteiger partial charge in [-0.3, -0.25) is 9.59 Å². The lowest BCUT2D eigenvalue weighted by Gasteiger charge is -2.24. The third-order valence-corrected chi connectivity index (χ3v) is 6.00. The monoisotopic (exact) mass is 406 g/mol. The number of carbonyl (C=O) groups excluding carboxylic acids is 2. The minimum absolute atomic E-state index is 0.0913. The van der Waals surface area contributed by atoms with E-state index < -0.39 is 5.82 Å². The molecule has 0 aromatic heterocycles. The molecular weight excluding hydrogens is 387 g/mol. The van der Waals surface area contributed by atoms with Gasteiger partial charge in [0.15, 0.2) is 0 Å². The van der Waals surface area contributed by atoms with Crippen molar-refractivity contribution < 1.29 is 14.0 Å². The van der Waals surface area contributed by atoms with Crippen molar-refractivity contribution in [2.75, 3.05) is 11.1 Å². The van der Waals surface area contributed by atoms with Gasteiger partial charge in [-0.1, -0.05) is 54.6 Å². The normalized spacial score (nSPS) is 16.1. The molecule has 3 aromatic carbocycles. The fourth-order valence-electron chi connectivity index (χ4n) is 3.24. The summed E-state index contributed by atoms with van der Waals surface area (Å²) < 4.78 is 13.7. The lowest BCUT2D eigenvalue weighted by molar-refractivity contribution is -0.128. The van der Waals surface area contributed by atoms with Gasteiger partial charge in [-0.05, 0) is 35.4 Å². The molecule has 1 heterocycles. The van der Waals surface area contributed by atoms with Crippen LogP contribution in [0.25, 0.3) is 0 Å². The first kappa shape index (κ1) is 19.2. The van der Waals surface area contributed by atoms with Gasteiger partial charge in [-0.2, -0.15) is 0 Å². The summed E-state index contributed by atoms with van der Waals surface area (Å²) in [5.74, 6) is -0.314. The largest absolute Gasteiger partial charge is 0.322 e. The molecule has 0 aliphatic carbocycles. The molecule has 1 N–H and O–H groups in total. The fraction of sp³-hybridized carbons (Fsp3) is 0.130. The Morgan fingerprint density at radius 2 is 1.69 bits per heavy atom. The molecule has 1 fully saturated rings. The van der Waals surface area contributed by atoms with Crippen molar-refractivity contribution in [3.8, 4) is 0 Å². The highest BCUT2D eigenvalue weighted by molar-refractivity contribution is 8.00. The molecule has 2 amide bonds. The lowest BCUT2D eigenvalue weighted by atomic mass is 10.1. The number of rotatable bonds is 5. The third kappa shape index (κ3) is 4.32. The standard InChI is InChI=1S/C23H19FN2O2S/c24-19-8-4-5-9-20(19)25-22(28)17-10-12-18(13-11-17)23-26(21(27)15-29-23)14-16-6-2-1-3-7-16/h1-13,23H,14-15H2,(H,25,28)/t23-/m1/s1. The van der Waals surface area contributed by atoms with Crippen LogP contribution in [0.1, 0.15) is 26.9 Å². The molecule has 0 spiro atoms. The Balaban J connectivity index is 1.48. The van der Waals surface area contributed by atoms with Crippen molar-refractivity contribution in [1.82, 2.24) is 4.90 Å². The number of benzene rings is 3. The second-order valence-electron chi connectivity index (χ2n) is 6.73. The Kier molecular flexibility index (Phi) is 5.62. The first-order valence-corrected chi connectivity index (χ1v) is 10.3. The second kappa shape index (κ2) is 8.49. The summed E-state index contributed by atoms with van der Waals surface area (Å²) in [6.07, 6.45) is 0. The highest BCUT2D eigenvalue weighted by Crippen LogP contribution is 2.39. The van der Waals surface area contributed by atoms with Gasteiger partial charge in [0, 0.05) is 12.1 Å². The predicted octanol–water partition coefficient (Wildman–Crippen LogP) is 4.85. The van der Waals surface area contributed by atoms with Crippen LogP contribution in [-0.2, 0) is 11.3 Å². The quantitative estimate of drug-likeness (QED) is 0.659. The molecule has 3 aromatic rings. The third-order valence-electron chi connectivity index (χ3n) is 4.74. The van der Waals surface area contributed by atoms with Gasteiger partial charge in [-0.25, -0.2) is 4.39 Å². The van der Waals surface area contributed by atoms with E-state index in [1.54, 1.807) is 36.0 Å². The maximum absolute atomic E-state index is 13.7. The molecule has 0 saturated carbocycles. The van der Waals surface area contributed by atoms with Crippen LogP contribution in [0.2, 0.25) is 0 Å². The van der Waals surface area contributed by atoms with E-state index in [0.717, 1.165) is 11.1 Å². The topological polar surface area (TPSA) is 49.4 Å². The smallest absolute Gasteiger partial charge is 0.255 e. The summed E-state index contributed by atoms with van der Waals surface area (Å²) in [6.45, 7) is 0.548. The van der Waals surface area contributed by atoms with E-state index in [1.165, 1.54) is 12.1 Å². The average molecular weight is 406 g/mol. The molecule has 1 atom stereocenters. The maximum Gasteiger partial charge on any atom is 0.255 e. The molecule has 6 heteroatoms. The van der Waals surface area contributed by atoms with Crippen LogP contribution in [0.3, 0.4) is 0 Å². The molecule has 0 unspecified atom stereocenters. The van der Waals surface area contributed by atoms with Gasteiger partial charge in [-0.15, -0.1) is 11.8 Å². The number of carbonyl (C=O) groups is 2. The van der Waals surface area contributed by atoms with Crippen molar-refractivity contribution in [2.24, 2.45) is 0 Å². The number of hydrogen-bond donors (Lipinski definition) is 1. The Bertz CT molecular complexity index is 1020. The van der Waals surface area contributed by atoms with Crippen LogP contribution < -0.4 is 5.32 Å². The Hall–Kier alpha value is -3.12. The van der Waals surface area contributed by atoms with Crippen molar-refractivity contribution in [3.63, 3.8) is 0 Å². The first-order chi connectivity index (χ1) is 14.1. The number of thioether (sulfide) groups is 1. The molecule has 146 valence electrons. The van der Waals surface area contributed by atoms with Gasteiger partial charge in [0.1, 0.15) is 11.2 Å². The number of anilines is 1. The number of para-hydroxylation sites is 1. The molecule has 1 aliphatic rings. The van der Waals surface area contributed by atoms with E-state index in [0.29, 0.717) is 17.9 Å². The zero-order chi connectivity index (χ0) is 20.2. The van der Waals surface area contributed by atoms with Crippen LogP contribution in [-0.4, -0.2) is 22.5 Å². The van der Waals surface area contributed by atoms with Crippen LogP contribution in [0.4, 0.5) is 10.1 Å². The number of halogens is 1. The van der Waals surface area contributed by atoms with E-state index in [2.05, 4.69) is 5.32 Å². The minimum atomic E-state index is -0.477. The van der Waals surface area contributed by atoms with Gasteiger partial charge in [0.05, 0.1) is 11.4 Å². The molecule has 29 heavy (non-hydrogen) atoms. The molecule has 0 bridgehead atoms. The van der Waals surface area contributed by atoms with E-state index in [-0.39, 0.29) is 22.9 Å². The maximum atomic E-state index is 13.7. The number of nitrogens with one attached hydrogen (secondary N) is 1. The Morgan fingerprint density at radius 1 is 1.00 bits per heavy atom. The summed E-state index contributed by atoms with van der Waals surface area (Å²) in [6, 6.07) is 23.0. The summed E-state index contributed by atoms with van der Waals surface area (Å²) in [5.41, 5.74) is 2.61. The molecule has 1 aliphatic heterocycles. The van der Waals surface area contributed by atoms with Crippen LogP contribution in [0, 0.1) is 5.82 Å². The first-order valence-electron chi connectivity index (χ1n) is 9.22. The summed E-state index contributed by atoms with van der Waals surface area (Å²) in [4.78, 5) is 26.6. The van der Waals surface area contributed by atoms with Crippen molar-refractivity contribution in [1.29, 1.82) is 0 Å². The van der Waals surface area contributed by atoms with Crippen molar-refractivity contribution in [3.05, 3.63) is 101 Å². The van der Waals surface area contributed by atoms with E-state index in [1.807, 2.05) is 47.4 Å². The van der Waals surface area contributed by atoms with Crippen molar-refractivity contribution >= 4 is 29.3 Å². The number of hydrogen-bond acceptors (Lipinski definition) is 3. The molecular formula is C23H19FN2O2S. The Labute approximate surface area is 172 Å². The molecule has 4 rings (SSSR count). The SMILES string of the molecule is O=C(Nc1ccccc1F)c1ccc([C@H]2SCC(=O)N2Cc2ccccc2)cc1. The molecule has 1 saturated heterocycles. The second-order valence-corrected chi connectivity index (χ2v) is 7.80. The average Bonchev–Trinajstić information content (AvgIpc) is 3.11. The zero-order valence-electron chi connectivity index (χ0n) is 15.5.